The molecule has 1 aliphatic heterocycles. The van der Waals surface area contributed by atoms with E-state index in [0.717, 1.165) is 19.4 Å². The van der Waals surface area contributed by atoms with Gasteiger partial charge in [0.15, 0.2) is 0 Å². The summed E-state index contributed by atoms with van der Waals surface area (Å²) >= 11 is 5.14. The van der Waals surface area contributed by atoms with E-state index in [1.165, 1.54) is 10.7 Å². The summed E-state index contributed by atoms with van der Waals surface area (Å²) in [5.74, 6) is -0.218. The van der Waals surface area contributed by atoms with E-state index in [4.69, 9.17) is 16.6 Å². The maximum Gasteiger partial charge on any atom is 0.288 e. The van der Waals surface area contributed by atoms with Gasteiger partial charge in [0.2, 0.25) is 5.89 Å². The third kappa shape index (κ3) is 3.20. The largest absolute Gasteiger partial charge is 0.409 e. The fourth-order valence-electron chi connectivity index (χ4n) is 2.49. The van der Waals surface area contributed by atoms with Crippen molar-refractivity contribution in [1.29, 1.82) is 0 Å². The van der Waals surface area contributed by atoms with Gasteiger partial charge in [0.25, 0.3) is 4.84 Å². The lowest BCUT2D eigenvalue weighted by Crippen LogP contribution is -2.39. The predicted molar refractivity (Wildman–Crippen MR) is 77.5 cm³/mol. The van der Waals surface area contributed by atoms with E-state index in [1.807, 2.05) is 0 Å². The molecule has 1 aromatic carbocycles. The first-order valence-electron chi connectivity index (χ1n) is 6.87. The van der Waals surface area contributed by atoms with Crippen LogP contribution in [-0.4, -0.2) is 39.0 Å². The standard InChI is InChI=1S/C14H16FN3O2S/c15-12-6-2-1-5-11(12)13-16-18(14(21)20-13)9-17-7-3-4-10(19)8-17/h1-2,5-6,10,19H,3-4,7-9H2/t10-/m1/s1. The molecule has 0 spiro atoms. The van der Waals surface area contributed by atoms with E-state index in [0.29, 0.717) is 18.8 Å². The Morgan fingerprint density at radius 2 is 2.24 bits per heavy atom. The molecule has 0 amide bonds. The van der Waals surface area contributed by atoms with Gasteiger partial charge < -0.3 is 9.52 Å². The molecule has 0 radical (unpaired) electrons. The Balaban J connectivity index is 1.82. The SMILES string of the molecule is O[C@@H]1CCCN(Cn2nc(-c3ccccc3F)oc2=S)C1. The molecular weight excluding hydrogens is 293 g/mol. The molecule has 21 heavy (non-hydrogen) atoms. The number of aromatic nitrogens is 2. The first-order chi connectivity index (χ1) is 10.1. The van der Waals surface area contributed by atoms with Crippen molar-refractivity contribution in [3.8, 4) is 11.5 Å². The summed E-state index contributed by atoms with van der Waals surface area (Å²) in [6, 6.07) is 6.29. The summed E-state index contributed by atoms with van der Waals surface area (Å²) in [6.45, 7) is 1.90. The summed E-state index contributed by atoms with van der Waals surface area (Å²) < 4.78 is 20.6. The number of hydrogen-bond acceptors (Lipinski definition) is 5. The summed E-state index contributed by atoms with van der Waals surface area (Å²) in [5, 5.41) is 13.9. The molecule has 5 nitrogen and oxygen atoms in total. The van der Waals surface area contributed by atoms with Gasteiger partial charge in [0, 0.05) is 13.1 Å². The molecule has 0 aliphatic carbocycles. The highest BCUT2D eigenvalue weighted by molar-refractivity contribution is 7.71. The molecule has 0 unspecified atom stereocenters. The third-order valence-corrected chi connectivity index (χ3v) is 3.82. The van der Waals surface area contributed by atoms with Gasteiger partial charge >= 0.3 is 0 Å². The van der Waals surface area contributed by atoms with E-state index in [2.05, 4.69) is 10.00 Å². The molecule has 0 saturated carbocycles. The lowest BCUT2D eigenvalue weighted by Gasteiger charge is -2.29. The fourth-order valence-corrected chi connectivity index (χ4v) is 2.67. The van der Waals surface area contributed by atoms with Gasteiger partial charge in [-0.3, -0.25) is 4.90 Å². The lowest BCUT2D eigenvalue weighted by atomic mass is 10.1. The van der Waals surface area contributed by atoms with Crippen LogP contribution in [0.5, 0.6) is 0 Å². The molecule has 1 atom stereocenters. The number of aliphatic hydroxyl groups is 1. The van der Waals surface area contributed by atoms with Crippen molar-refractivity contribution in [2.75, 3.05) is 13.1 Å². The number of β-amino-alcohol motifs (C(OH)–C–C–N with tert-alkyl or cyclic N) is 1. The van der Waals surface area contributed by atoms with Crippen molar-refractivity contribution in [2.45, 2.75) is 25.6 Å². The van der Waals surface area contributed by atoms with Gasteiger partial charge in [-0.05, 0) is 37.2 Å². The van der Waals surface area contributed by atoms with Gasteiger partial charge in [-0.15, -0.1) is 5.10 Å². The maximum absolute atomic E-state index is 13.7. The van der Waals surface area contributed by atoms with Gasteiger partial charge in [0.1, 0.15) is 5.82 Å². The Morgan fingerprint density at radius 1 is 1.43 bits per heavy atom. The van der Waals surface area contributed by atoms with Crippen LogP contribution in [0.1, 0.15) is 12.8 Å². The number of hydrogen-bond donors (Lipinski definition) is 1. The van der Waals surface area contributed by atoms with E-state index in [-0.39, 0.29) is 16.8 Å². The molecule has 1 aliphatic rings. The molecule has 7 heteroatoms. The zero-order valence-corrected chi connectivity index (χ0v) is 12.2. The Kier molecular flexibility index (Phi) is 4.14. The zero-order chi connectivity index (χ0) is 14.8. The van der Waals surface area contributed by atoms with Crippen LogP contribution in [-0.2, 0) is 6.67 Å². The molecule has 2 heterocycles. The average Bonchev–Trinajstić information content (AvgIpc) is 2.80. The Hall–Kier alpha value is -1.57. The molecule has 1 aromatic heterocycles. The zero-order valence-electron chi connectivity index (χ0n) is 11.4. The minimum absolute atomic E-state index is 0.177. The Bertz CT molecular complexity index is 685. The number of halogens is 1. The van der Waals surface area contributed by atoms with Crippen LogP contribution in [0.25, 0.3) is 11.5 Å². The predicted octanol–water partition coefficient (Wildman–Crippen LogP) is 2.43. The van der Waals surface area contributed by atoms with Crippen molar-refractivity contribution in [3.63, 3.8) is 0 Å². The number of aliphatic hydroxyl groups excluding tert-OH is 1. The first kappa shape index (κ1) is 14.4. The van der Waals surface area contributed by atoms with Crippen LogP contribution < -0.4 is 0 Å². The van der Waals surface area contributed by atoms with Crippen LogP contribution in [0, 0.1) is 10.7 Å². The van der Waals surface area contributed by atoms with Gasteiger partial charge in [0.05, 0.1) is 18.3 Å². The third-order valence-electron chi connectivity index (χ3n) is 3.53. The quantitative estimate of drug-likeness (QED) is 0.883. The molecule has 3 rings (SSSR count). The molecule has 112 valence electrons. The van der Waals surface area contributed by atoms with E-state index in [1.54, 1.807) is 18.2 Å². The summed E-state index contributed by atoms with van der Waals surface area (Å²) in [7, 11) is 0. The minimum atomic E-state index is -0.394. The maximum atomic E-state index is 13.7. The normalized spacial score (nSPS) is 19.8. The number of rotatable bonds is 3. The molecule has 1 saturated heterocycles. The van der Waals surface area contributed by atoms with Crippen LogP contribution in [0.15, 0.2) is 28.7 Å². The van der Waals surface area contributed by atoms with E-state index < -0.39 is 5.82 Å². The van der Waals surface area contributed by atoms with Crippen LogP contribution in [0.3, 0.4) is 0 Å². The second-order valence-electron chi connectivity index (χ2n) is 5.17. The highest BCUT2D eigenvalue weighted by atomic mass is 32.1. The lowest BCUT2D eigenvalue weighted by molar-refractivity contribution is 0.0509. The van der Waals surface area contributed by atoms with Crippen LogP contribution in [0.2, 0.25) is 0 Å². The topological polar surface area (TPSA) is 54.4 Å². The molecular formula is C14H16FN3O2S. The van der Waals surface area contributed by atoms with Gasteiger partial charge in [-0.2, -0.15) is 0 Å². The summed E-state index contributed by atoms with van der Waals surface area (Å²) in [5.41, 5.74) is 0.293. The smallest absolute Gasteiger partial charge is 0.288 e. The number of benzene rings is 1. The number of likely N-dealkylation sites (tertiary alicyclic amines) is 1. The summed E-state index contributed by atoms with van der Waals surface area (Å²) in [4.78, 5) is 2.26. The number of piperidine rings is 1. The number of nitrogens with zero attached hydrogens (tertiary/aromatic N) is 3. The molecule has 1 N–H and O–H groups in total. The molecule has 0 bridgehead atoms. The first-order valence-corrected chi connectivity index (χ1v) is 7.27. The molecule has 1 fully saturated rings. The highest BCUT2D eigenvalue weighted by Crippen LogP contribution is 2.21. The van der Waals surface area contributed by atoms with E-state index in [9.17, 15) is 9.50 Å². The summed E-state index contributed by atoms with van der Waals surface area (Å²) in [6.07, 6.45) is 1.44. The molecule has 2 aromatic rings. The van der Waals surface area contributed by atoms with Crippen molar-refractivity contribution < 1.29 is 13.9 Å². The Morgan fingerprint density at radius 3 is 3.00 bits per heavy atom. The van der Waals surface area contributed by atoms with Crippen LogP contribution in [0.4, 0.5) is 4.39 Å². The average molecular weight is 309 g/mol. The monoisotopic (exact) mass is 309 g/mol. The van der Waals surface area contributed by atoms with Gasteiger partial charge in [-0.25, -0.2) is 9.07 Å². The highest BCUT2D eigenvalue weighted by Gasteiger charge is 2.19. The fraction of sp³-hybridized carbons (Fsp3) is 0.429. The minimum Gasteiger partial charge on any atom is -0.409 e. The van der Waals surface area contributed by atoms with Crippen molar-refractivity contribution >= 4 is 12.2 Å². The van der Waals surface area contributed by atoms with Crippen LogP contribution >= 0.6 is 12.2 Å². The van der Waals surface area contributed by atoms with Crippen molar-refractivity contribution in [2.24, 2.45) is 0 Å². The Labute approximate surface area is 126 Å². The second kappa shape index (κ2) is 6.05. The second-order valence-corrected chi connectivity index (χ2v) is 5.52. The van der Waals surface area contributed by atoms with E-state index >= 15 is 0 Å². The van der Waals surface area contributed by atoms with Crippen molar-refractivity contribution in [1.82, 2.24) is 14.7 Å². The van der Waals surface area contributed by atoms with Crippen molar-refractivity contribution in [3.05, 3.63) is 34.9 Å². The van der Waals surface area contributed by atoms with Gasteiger partial charge in [-0.1, -0.05) is 12.1 Å².